The molecule has 5 heteroatoms. The molecule has 0 atom stereocenters. The van der Waals surface area contributed by atoms with Crippen LogP contribution in [0.25, 0.3) is 0 Å². The molecule has 5 aliphatic rings. The van der Waals surface area contributed by atoms with Crippen molar-refractivity contribution in [2.45, 2.75) is 51.0 Å². The summed E-state index contributed by atoms with van der Waals surface area (Å²) in [6.07, 6.45) is 8.09. The average molecular weight is 384 g/mol. The Hall–Kier alpha value is -1.91. The van der Waals surface area contributed by atoms with Gasteiger partial charge in [-0.05, 0) is 92.9 Å². The number of amides is 2. The molecule has 1 aromatic rings. The minimum atomic E-state index is -0.336. The number of likely N-dealkylation sites (tertiary alicyclic amines) is 1. The number of halogens is 1. The second-order valence-electron chi connectivity index (χ2n) is 9.54. The maximum atomic E-state index is 13.1. The van der Waals surface area contributed by atoms with Crippen LogP contribution in [0.2, 0.25) is 0 Å². The third-order valence-electron chi connectivity index (χ3n) is 7.78. The smallest absolute Gasteiger partial charge is 0.253 e. The molecular formula is C23H29FN2O2. The molecule has 28 heavy (non-hydrogen) atoms. The first-order valence-electron chi connectivity index (χ1n) is 10.9. The molecule has 5 fully saturated rings. The van der Waals surface area contributed by atoms with E-state index in [4.69, 9.17) is 0 Å². The van der Waals surface area contributed by atoms with Crippen molar-refractivity contribution in [3.8, 4) is 0 Å². The Balaban J connectivity index is 1.15. The van der Waals surface area contributed by atoms with Crippen molar-refractivity contribution < 1.29 is 14.0 Å². The molecule has 4 aliphatic carbocycles. The largest absolute Gasteiger partial charge is 0.353 e. The molecule has 0 spiro atoms. The number of piperidine rings is 1. The second kappa shape index (κ2) is 7.16. The van der Waals surface area contributed by atoms with Gasteiger partial charge in [0, 0.05) is 30.6 Å². The van der Waals surface area contributed by atoms with E-state index in [1.54, 1.807) is 4.90 Å². The average Bonchev–Trinajstić information content (AvgIpc) is 2.70. The van der Waals surface area contributed by atoms with Crippen molar-refractivity contribution in [1.82, 2.24) is 10.2 Å². The highest BCUT2D eigenvalue weighted by Gasteiger charge is 2.49. The highest BCUT2D eigenvalue weighted by atomic mass is 19.1. The summed E-state index contributed by atoms with van der Waals surface area (Å²) in [5.74, 6) is 3.02. The van der Waals surface area contributed by atoms with Crippen LogP contribution in [-0.4, -0.2) is 35.8 Å². The number of rotatable bonds is 3. The van der Waals surface area contributed by atoms with Gasteiger partial charge in [-0.1, -0.05) is 0 Å². The molecule has 6 rings (SSSR count). The fourth-order valence-electron chi connectivity index (χ4n) is 6.56. The van der Waals surface area contributed by atoms with E-state index in [1.165, 1.54) is 56.4 Å². The third-order valence-corrected chi connectivity index (χ3v) is 7.78. The van der Waals surface area contributed by atoms with Gasteiger partial charge in [0.1, 0.15) is 5.82 Å². The summed E-state index contributed by atoms with van der Waals surface area (Å²) in [5, 5.41) is 3.43. The first-order chi connectivity index (χ1) is 13.6. The Kier molecular flexibility index (Phi) is 4.64. The lowest BCUT2D eigenvalue weighted by molar-refractivity contribution is -0.130. The number of carbonyl (C=O) groups is 2. The van der Waals surface area contributed by atoms with E-state index in [0.29, 0.717) is 49.4 Å². The molecule has 2 amide bonds. The number of nitrogens with one attached hydrogen (secondary N) is 1. The van der Waals surface area contributed by atoms with Crippen molar-refractivity contribution in [2.75, 3.05) is 13.1 Å². The van der Waals surface area contributed by atoms with E-state index < -0.39 is 0 Å². The Morgan fingerprint density at radius 3 is 2.04 bits per heavy atom. The van der Waals surface area contributed by atoms with Gasteiger partial charge in [0.05, 0.1) is 0 Å². The monoisotopic (exact) mass is 384 g/mol. The highest BCUT2D eigenvalue weighted by Crippen LogP contribution is 2.53. The number of nitrogens with zero attached hydrogens (tertiary/aromatic N) is 1. The third kappa shape index (κ3) is 3.33. The van der Waals surface area contributed by atoms with Gasteiger partial charge in [-0.3, -0.25) is 9.59 Å². The van der Waals surface area contributed by atoms with Crippen LogP contribution in [-0.2, 0) is 4.79 Å². The van der Waals surface area contributed by atoms with Crippen molar-refractivity contribution >= 4 is 11.8 Å². The normalized spacial score (nSPS) is 34.5. The van der Waals surface area contributed by atoms with E-state index in [9.17, 15) is 14.0 Å². The van der Waals surface area contributed by atoms with Gasteiger partial charge < -0.3 is 10.2 Å². The van der Waals surface area contributed by atoms with Crippen LogP contribution < -0.4 is 5.32 Å². The van der Waals surface area contributed by atoms with Gasteiger partial charge in [-0.25, -0.2) is 4.39 Å². The summed E-state index contributed by atoms with van der Waals surface area (Å²) in [5.41, 5.74) is 0.512. The number of hydrogen-bond acceptors (Lipinski definition) is 2. The van der Waals surface area contributed by atoms with Gasteiger partial charge in [-0.2, -0.15) is 0 Å². The second-order valence-corrected chi connectivity index (χ2v) is 9.54. The molecule has 0 unspecified atom stereocenters. The molecule has 4 saturated carbocycles. The first-order valence-corrected chi connectivity index (χ1v) is 10.9. The fourth-order valence-corrected chi connectivity index (χ4v) is 6.56. The zero-order valence-electron chi connectivity index (χ0n) is 16.3. The standard InChI is InChI=1S/C23H29FN2O2/c24-20-3-1-17(2-4-20)23(28)26-7-5-16(6-8-26)22(27)25-21-18-10-14-9-15(12-18)13-19(21)11-14/h1-4,14-16,18-19,21H,5-13H2,(H,25,27). The van der Waals surface area contributed by atoms with E-state index in [-0.39, 0.29) is 23.5 Å². The zero-order chi connectivity index (χ0) is 19.3. The molecular weight excluding hydrogens is 355 g/mol. The number of hydrogen-bond donors (Lipinski definition) is 1. The van der Waals surface area contributed by atoms with E-state index in [1.807, 2.05) is 0 Å². The van der Waals surface area contributed by atoms with Crippen LogP contribution in [0.1, 0.15) is 55.3 Å². The van der Waals surface area contributed by atoms with Crippen LogP contribution in [0.4, 0.5) is 4.39 Å². The summed E-state index contributed by atoms with van der Waals surface area (Å²) in [4.78, 5) is 27.3. The minimum absolute atomic E-state index is 0.00875. The Bertz CT molecular complexity index is 726. The summed E-state index contributed by atoms with van der Waals surface area (Å²) < 4.78 is 13.1. The molecule has 0 aromatic heterocycles. The van der Waals surface area contributed by atoms with Crippen molar-refractivity contribution in [1.29, 1.82) is 0 Å². The highest BCUT2D eigenvalue weighted by molar-refractivity contribution is 5.94. The summed E-state index contributed by atoms with van der Waals surface area (Å²) in [7, 11) is 0. The summed E-state index contributed by atoms with van der Waals surface area (Å²) >= 11 is 0. The predicted octanol–water partition coefficient (Wildman–Crippen LogP) is 3.62. The van der Waals surface area contributed by atoms with E-state index >= 15 is 0 Å². The molecule has 4 bridgehead atoms. The van der Waals surface area contributed by atoms with Gasteiger partial charge in [0.2, 0.25) is 5.91 Å². The quantitative estimate of drug-likeness (QED) is 0.865. The van der Waals surface area contributed by atoms with Crippen LogP contribution in [0.5, 0.6) is 0 Å². The van der Waals surface area contributed by atoms with Gasteiger partial charge in [-0.15, -0.1) is 0 Å². The number of benzene rings is 1. The summed E-state index contributed by atoms with van der Waals surface area (Å²) in [6, 6.07) is 6.09. The van der Waals surface area contributed by atoms with Crippen LogP contribution in [0.3, 0.4) is 0 Å². The fraction of sp³-hybridized carbons (Fsp3) is 0.652. The number of carbonyl (C=O) groups excluding carboxylic acids is 2. The minimum Gasteiger partial charge on any atom is -0.353 e. The molecule has 1 aromatic carbocycles. The zero-order valence-corrected chi connectivity index (χ0v) is 16.3. The molecule has 1 saturated heterocycles. The van der Waals surface area contributed by atoms with Gasteiger partial charge in [0.15, 0.2) is 0 Å². The SMILES string of the molecule is O=C(NC1C2CC3CC(C2)CC1C3)C1CCN(C(=O)c2ccc(F)cc2)CC1. The lowest BCUT2D eigenvalue weighted by Gasteiger charge is -2.54. The lowest BCUT2D eigenvalue weighted by Crippen LogP contribution is -2.57. The predicted molar refractivity (Wildman–Crippen MR) is 104 cm³/mol. The van der Waals surface area contributed by atoms with Crippen molar-refractivity contribution in [3.05, 3.63) is 35.6 Å². The first kappa shape index (κ1) is 18.1. The molecule has 150 valence electrons. The van der Waals surface area contributed by atoms with Crippen molar-refractivity contribution in [3.63, 3.8) is 0 Å². The van der Waals surface area contributed by atoms with Crippen LogP contribution >= 0.6 is 0 Å². The Morgan fingerprint density at radius 1 is 0.893 bits per heavy atom. The van der Waals surface area contributed by atoms with Crippen LogP contribution in [0, 0.1) is 35.4 Å². The summed E-state index contributed by atoms with van der Waals surface area (Å²) in [6.45, 7) is 1.19. The Labute approximate surface area is 165 Å². The van der Waals surface area contributed by atoms with Gasteiger partial charge in [0.25, 0.3) is 5.91 Å². The Morgan fingerprint density at radius 2 is 1.46 bits per heavy atom. The van der Waals surface area contributed by atoms with E-state index in [2.05, 4.69) is 5.32 Å². The van der Waals surface area contributed by atoms with Gasteiger partial charge >= 0.3 is 0 Å². The lowest BCUT2D eigenvalue weighted by atomic mass is 9.54. The maximum absolute atomic E-state index is 13.1. The van der Waals surface area contributed by atoms with Crippen molar-refractivity contribution in [2.24, 2.45) is 29.6 Å². The molecule has 1 aliphatic heterocycles. The van der Waals surface area contributed by atoms with Crippen LogP contribution in [0.15, 0.2) is 24.3 Å². The molecule has 4 nitrogen and oxygen atoms in total. The maximum Gasteiger partial charge on any atom is 0.253 e. The molecule has 1 N–H and O–H groups in total. The molecule has 1 heterocycles. The topological polar surface area (TPSA) is 49.4 Å². The van der Waals surface area contributed by atoms with E-state index in [0.717, 1.165) is 11.8 Å². The molecule has 0 radical (unpaired) electrons.